The molecular weight excluding hydrogens is 212 g/mol. The van der Waals surface area contributed by atoms with Gasteiger partial charge in [0, 0.05) is 0 Å². The van der Waals surface area contributed by atoms with Crippen molar-refractivity contribution in [1.82, 2.24) is 5.32 Å². The lowest BCUT2D eigenvalue weighted by Gasteiger charge is -2.30. The van der Waals surface area contributed by atoms with Crippen molar-refractivity contribution in [3.63, 3.8) is 0 Å². The number of nitrogens with zero attached hydrogens (tertiary/aromatic N) is 1. The van der Waals surface area contributed by atoms with Crippen LogP contribution in [0.5, 0.6) is 0 Å². The van der Waals surface area contributed by atoms with Crippen molar-refractivity contribution in [2.24, 2.45) is 10.9 Å². The fourth-order valence-electron chi connectivity index (χ4n) is 2.44. The summed E-state index contributed by atoms with van der Waals surface area (Å²) < 4.78 is 0. The molecule has 0 aromatic heterocycles. The number of rotatable bonds is 2. The number of nitrogens with one attached hydrogen (secondary N) is 1. The molecule has 1 aromatic carbocycles. The highest BCUT2D eigenvalue weighted by Crippen LogP contribution is 2.38. The van der Waals surface area contributed by atoms with Gasteiger partial charge in [0.05, 0.1) is 6.34 Å². The Morgan fingerprint density at radius 3 is 2.53 bits per heavy atom. The van der Waals surface area contributed by atoms with Gasteiger partial charge in [0.2, 0.25) is 0 Å². The van der Waals surface area contributed by atoms with Crippen LogP contribution in [-0.4, -0.2) is 12.2 Å². The first-order chi connectivity index (χ1) is 8.00. The van der Waals surface area contributed by atoms with E-state index in [2.05, 4.69) is 30.2 Å². The van der Waals surface area contributed by atoms with Gasteiger partial charge >= 0.3 is 0 Å². The summed E-state index contributed by atoms with van der Waals surface area (Å²) in [7, 11) is 0. The molecular formula is C14H18N2O. The molecule has 0 radical (unpaired) electrons. The van der Waals surface area contributed by atoms with Crippen molar-refractivity contribution in [3.8, 4) is 0 Å². The summed E-state index contributed by atoms with van der Waals surface area (Å²) >= 11 is 0. The second-order valence-electron chi connectivity index (χ2n) is 4.90. The van der Waals surface area contributed by atoms with Crippen molar-refractivity contribution < 1.29 is 4.79 Å². The van der Waals surface area contributed by atoms with E-state index in [-0.39, 0.29) is 11.8 Å². The molecule has 1 aromatic rings. The van der Waals surface area contributed by atoms with Gasteiger partial charge in [0.25, 0.3) is 5.91 Å². The van der Waals surface area contributed by atoms with Crippen LogP contribution in [0.1, 0.15) is 30.5 Å². The second kappa shape index (κ2) is 3.99. The van der Waals surface area contributed by atoms with Crippen LogP contribution < -0.4 is 5.32 Å². The van der Waals surface area contributed by atoms with E-state index in [1.54, 1.807) is 0 Å². The van der Waals surface area contributed by atoms with Gasteiger partial charge in [-0.05, 0) is 36.5 Å². The smallest absolute Gasteiger partial charge is 0.257 e. The highest BCUT2D eigenvalue weighted by atomic mass is 16.2. The molecule has 0 saturated heterocycles. The molecule has 0 bridgehead atoms. The summed E-state index contributed by atoms with van der Waals surface area (Å²) in [5.74, 6) is 0.1000. The highest BCUT2D eigenvalue weighted by Gasteiger charge is 2.46. The van der Waals surface area contributed by atoms with Gasteiger partial charge in [-0.2, -0.15) is 0 Å². The third-order valence-corrected chi connectivity index (χ3v) is 3.66. The molecule has 1 aliphatic rings. The molecule has 17 heavy (non-hydrogen) atoms. The Labute approximate surface area is 102 Å². The normalized spacial score (nSPS) is 23.2. The lowest BCUT2D eigenvalue weighted by molar-refractivity contribution is -0.125. The van der Waals surface area contributed by atoms with Gasteiger partial charge in [-0.15, -0.1) is 0 Å². The van der Waals surface area contributed by atoms with Crippen LogP contribution in [0.3, 0.4) is 0 Å². The monoisotopic (exact) mass is 230 g/mol. The third kappa shape index (κ3) is 1.57. The van der Waals surface area contributed by atoms with Gasteiger partial charge in [0.15, 0.2) is 5.54 Å². The Morgan fingerprint density at radius 1 is 1.29 bits per heavy atom. The Morgan fingerprint density at radius 2 is 2.00 bits per heavy atom. The fraction of sp³-hybridized carbons (Fsp3) is 0.429. The van der Waals surface area contributed by atoms with E-state index < -0.39 is 5.54 Å². The summed E-state index contributed by atoms with van der Waals surface area (Å²) in [6.07, 6.45) is 1.52. The maximum atomic E-state index is 12.2. The standard InChI is InChI=1S/C14H18N2O/c1-9(2)14(13(17)15-8-16-14)12-7-5-6-10(3)11(12)4/h5-9H,1-4H3,(H,15,16,17). The van der Waals surface area contributed by atoms with Crippen molar-refractivity contribution in [2.45, 2.75) is 33.2 Å². The lowest BCUT2D eigenvalue weighted by atomic mass is 9.77. The van der Waals surface area contributed by atoms with E-state index in [0.717, 1.165) is 11.1 Å². The van der Waals surface area contributed by atoms with E-state index in [1.165, 1.54) is 11.9 Å². The predicted octanol–water partition coefficient (Wildman–Crippen LogP) is 2.31. The third-order valence-electron chi connectivity index (χ3n) is 3.66. The van der Waals surface area contributed by atoms with Crippen molar-refractivity contribution >= 4 is 12.2 Å². The maximum Gasteiger partial charge on any atom is 0.257 e. The van der Waals surface area contributed by atoms with Crippen LogP contribution in [0.2, 0.25) is 0 Å². The molecule has 2 rings (SSSR count). The minimum Gasteiger partial charge on any atom is -0.315 e. The van der Waals surface area contributed by atoms with Gasteiger partial charge < -0.3 is 5.32 Å². The number of carbonyl (C=O) groups is 1. The average molecular weight is 230 g/mol. The molecule has 1 heterocycles. The molecule has 1 amide bonds. The summed E-state index contributed by atoms with van der Waals surface area (Å²) in [6.45, 7) is 8.17. The first kappa shape index (κ1) is 11.8. The molecule has 1 unspecified atom stereocenters. The Balaban J connectivity index is 2.67. The van der Waals surface area contributed by atoms with E-state index in [9.17, 15) is 4.79 Å². The minimum absolute atomic E-state index is 0.0267. The van der Waals surface area contributed by atoms with Crippen molar-refractivity contribution in [2.75, 3.05) is 0 Å². The molecule has 3 heteroatoms. The SMILES string of the molecule is Cc1cccc(C2(C(C)C)N=CNC2=O)c1C. The van der Waals surface area contributed by atoms with Crippen molar-refractivity contribution in [1.29, 1.82) is 0 Å². The van der Waals surface area contributed by atoms with Crippen LogP contribution in [0.15, 0.2) is 23.2 Å². The number of aliphatic imine (C=N–C) groups is 1. The molecule has 0 saturated carbocycles. The van der Waals surface area contributed by atoms with Gasteiger partial charge in [-0.3, -0.25) is 9.79 Å². The quantitative estimate of drug-likeness (QED) is 0.832. The number of carbonyl (C=O) groups excluding carboxylic acids is 1. The average Bonchev–Trinajstić information content (AvgIpc) is 2.65. The molecule has 0 aliphatic carbocycles. The zero-order chi connectivity index (χ0) is 12.6. The van der Waals surface area contributed by atoms with Gasteiger partial charge in [-0.25, -0.2) is 0 Å². The van der Waals surface area contributed by atoms with Crippen molar-refractivity contribution in [3.05, 3.63) is 34.9 Å². The first-order valence-electron chi connectivity index (χ1n) is 5.91. The summed E-state index contributed by atoms with van der Waals surface area (Å²) in [5, 5.41) is 2.71. The topological polar surface area (TPSA) is 41.5 Å². The van der Waals surface area contributed by atoms with Crippen LogP contribution >= 0.6 is 0 Å². The summed E-state index contributed by atoms with van der Waals surface area (Å²) in [4.78, 5) is 16.6. The molecule has 1 N–H and O–H groups in total. The van der Waals surface area contributed by atoms with E-state index >= 15 is 0 Å². The van der Waals surface area contributed by atoms with Gasteiger partial charge in [-0.1, -0.05) is 32.0 Å². The van der Waals surface area contributed by atoms with E-state index in [0.29, 0.717) is 0 Å². The van der Waals surface area contributed by atoms with Crippen LogP contribution in [0, 0.1) is 19.8 Å². The maximum absolute atomic E-state index is 12.2. The molecule has 1 atom stereocenters. The van der Waals surface area contributed by atoms with Crippen LogP contribution in [-0.2, 0) is 10.3 Å². The molecule has 0 spiro atoms. The summed E-state index contributed by atoms with van der Waals surface area (Å²) in [6, 6.07) is 6.05. The largest absolute Gasteiger partial charge is 0.315 e. The molecule has 1 aliphatic heterocycles. The van der Waals surface area contributed by atoms with Gasteiger partial charge in [0.1, 0.15) is 0 Å². The highest BCUT2D eigenvalue weighted by molar-refractivity contribution is 6.01. The number of hydrogen-bond donors (Lipinski definition) is 1. The number of aryl methyl sites for hydroxylation is 1. The molecule has 0 fully saturated rings. The Bertz CT molecular complexity index is 491. The Hall–Kier alpha value is -1.64. The summed E-state index contributed by atoms with van der Waals surface area (Å²) in [5.41, 5.74) is 2.60. The van der Waals surface area contributed by atoms with Crippen LogP contribution in [0.4, 0.5) is 0 Å². The molecule has 3 nitrogen and oxygen atoms in total. The lowest BCUT2D eigenvalue weighted by Crippen LogP contribution is -2.41. The number of amides is 1. The second-order valence-corrected chi connectivity index (χ2v) is 4.90. The number of hydrogen-bond acceptors (Lipinski definition) is 2. The van der Waals surface area contributed by atoms with E-state index in [4.69, 9.17) is 0 Å². The minimum atomic E-state index is -0.754. The molecule has 90 valence electrons. The predicted molar refractivity (Wildman–Crippen MR) is 69.1 cm³/mol. The van der Waals surface area contributed by atoms with Crippen LogP contribution in [0.25, 0.3) is 0 Å². The first-order valence-corrected chi connectivity index (χ1v) is 5.91. The Kier molecular flexibility index (Phi) is 2.77. The zero-order valence-corrected chi connectivity index (χ0v) is 10.7. The van der Waals surface area contributed by atoms with E-state index in [1.807, 2.05) is 26.0 Å². The zero-order valence-electron chi connectivity index (χ0n) is 10.7. The number of benzene rings is 1. The fourth-order valence-corrected chi connectivity index (χ4v) is 2.44.